The third-order valence-electron chi connectivity index (χ3n) is 3.07. The molecule has 1 aromatic carbocycles. The highest BCUT2D eigenvalue weighted by Gasteiger charge is 2.27. The van der Waals surface area contributed by atoms with E-state index in [1.165, 1.54) is 13.2 Å². The highest BCUT2D eigenvalue weighted by atomic mass is 79.9. The summed E-state index contributed by atoms with van der Waals surface area (Å²) in [7, 11) is 1.45. The standard InChI is InChI=1S/C14H19BrFNO3/c1-14(2,7-13(18)19)6-11(17)8-4-9(15)10(16)5-12(8)20-3/h4-5,11H,6-7,17H2,1-3H3,(H,18,19). The van der Waals surface area contributed by atoms with E-state index in [0.29, 0.717) is 22.2 Å². The van der Waals surface area contributed by atoms with Gasteiger partial charge in [-0.3, -0.25) is 4.79 Å². The average Bonchev–Trinajstić information content (AvgIpc) is 2.29. The van der Waals surface area contributed by atoms with Crippen LogP contribution in [0.1, 0.15) is 38.3 Å². The van der Waals surface area contributed by atoms with Crippen molar-refractivity contribution in [2.45, 2.75) is 32.7 Å². The van der Waals surface area contributed by atoms with Gasteiger partial charge in [-0.2, -0.15) is 0 Å². The van der Waals surface area contributed by atoms with Crippen molar-refractivity contribution in [1.82, 2.24) is 0 Å². The number of hydrogen-bond acceptors (Lipinski definition) is 3. The number of ether oxygens (including phenoxy) is 1. The van der Waals surface area contributed by atoms with Crippen LogP contribution in [0.15, 0.2) is 16.6 Å². The molecule has 0 amide bonds. The molecule has 0 fully saturated rings. The maximum atomic E-state index is 13.5. The van der Waals surface area contributed by atoms with Crippen LogP contribution in [0.5, 0.6) is 5.75 Å². The molecule has 1 aromatic rings. The van der Waals surface area contributed by atoms with Gasteiger partial charge >= 0.3 is 5.97 Å². The highest BCUT2D eigenvalue weighted by molar-refractivity contribution is 9.10. The second kappa shape index (κ2) is 6.54. The second-order valence-corrected chi connectivity index (χ2v) is 6.41. The van der Waals surface area contributed by atoms with E-state index in [4.69, 9.17) is 15.6 Å². The molecule has 4 nitrogen and oxygen atoms in total. The van der Waals surface area contributed by atoms with Crippen LogP contribution in [0, 0.1) is 11.2 Å². The molecule has 0 aliphatic rings. The number of aliphatic carboxylic acids is 1. The van der Waals surface area contributed by atoms with Crippen LogP contribution in [-0.2, 0) is 4.79 Å². The van der Waals surface area contributed by atoms with E-state index >= 15 is 0 Å². The van der Waals surface area contributed by atoms with E-state index < -0.39 is 23.2 Å². The van der Waals surface area contributed by atoms with Gasteiger partial charge in [-0.05, 0) is 33.8 Å². The fourth-order valence-electron chi connectivity index (χ4n) is 2.20. The Bertz CT molecular complexity index is 505. The van der Waals surface area contributed by atoms with Gasteiger partial charge in [-0.25, -0.2) is 4.39 Å². The van der Waals surface area contributed by atoms with Gasteiger partial charge in [-0.1, -0.05) is 13.8 Å². The monoisotopic (exact) mass is 347 g/mol. The third kappa shape index (κ3) is 4.45. The molecule has 112 valence electrons. The molecule has 0 aliphatic carbocycles. The Hall–Kier alpha value is -1.14. The van der Waals surface area contributed by atoms with Crippen molar-refractivity contribution in [2.24, 2.45) is 11.1 Å². The first-order chi connectivity index (χ1) is 9.16. The maximum absolute atomic E-state index is 13.5. The Balaban J connectivity index is 3.00. The van der Waals surface area contributed by atoms with E-state index in [-0.39, 0.29) is 6.42 Å². The number of rotatable bonds is 6. The van der Waals surface area contributed by atoms with E-state index in [1.807, 2.05) is 13.8 Å². The molecule has 6 heteroatoms. The number of hydrogen-bond donors (Lipinski definition) is 2. The number of carboxylic acid groups (broad SMARTS) is 1. The molecule has 0 saturated heterocycles. The molecule has 20 heavy (non-hydrogen) atoms. The minimum Gasteiger partial charge on any atom is -0.496 e. The SMILES string of the molecule is COc1cc(F)c(Br)cc1C(N)CC(C)(C)CC(=O)O. The molecule has 0 spiro atoms. The summed E-state index contributed by atoms with van der Waals surface area (Å²) in [5, 5.41) is 8.89. The Labute approximate surface area is 126 Å². The summed E-state index contributed by atoms with van der Waals surface area (Å²) >= 11 is 3.12. The maximum Gasteiger partial charge on any atom is 0.303 e. The lowest BCUT2D eigenvalue weighted by Gasteiger charge is -2.27. The number of halogens is 2. The predicted molar refractivity (Wildman–Crippen MR) is 78.2 cm³/mol. The van der Waals surface area contributed by atoms with Gasteiger partial charge in [0.05, 0.1) is 18.0 Å². The molecule has 1 atom stereocenters. The summed E-state index contributed by atoms with van der Waals surface area (Å²) < 4.78 is 18.9. The smallest absolute Gasteiger partial charge is 0.303 e. The van der Waals surface area contributed by atoms with Crippen LogP contribution in [0.2, 0.25) is 0 Å². The van der Waals surface area contributed by atoms with Gasteiger partial charge in [0.15, 0.2) is 0 Å². The van der Waals surface area contributed by atoms with Gasteiger partial charge in [0.25, 0.3) is 0 Å². The van der Waals surface area contributed by atoms with Crippen LogP contribution in [0.25, 0.3) is 0 Å². The quantitative estimate of drug-likeness (QED) is 0.826. The van der Waals surface area contributed by atoms with Crippen molar-refractivity contribution in [1.29, 1.82) is 0 Å². The Morgan fingerprint density at radius 1 is 1.55 bits per heavy atom. The molecule has 1 unspecified atom stereocenters. The minimum atomic E-state index is -0.866. The minimum absolute atomic E-state index is 0.0192. The first-order valence-electron chi connectivity index (χ1n) is 6.16. The lowest BCUT2D eigenvalue weighted by Crippen LogP contribution is -2.24. The second-order valence-electron chi connectivity index (χ2n) is 5.55. The first kappa shape index (κ1) is 16.9. The molecule has 0 heterocycles. The van der Waals surface area contributed by atoms with Crippen LogP contribution < -0.4 is 10.5 Å². The molecule has 3 N–H and O–H groups in total. The lowest BCUT2D eigenvalue weighted by molar-refractivity contribution is -0.139. The molecular weight excluding hydrogens is 329 g/mol. The van der Waals surface area contributed by atoms with Gasteiger partial charge in [0, 0.05) is 17.7 Å². The van der Waals surface area contributed by atoms with Crippen LogP contribution in [0.3, 0.4) is 0 Å². The van der Waals surface area contributed by atoms with E-state index in [0.717, 1.165) is 0 Å². The van der Waals surface area contributed by atoms with Crippen molar-refractivity contribution in [3.05, 3.63) is 28.0 Å². The summed E-state index contributed by atoms with van der Waals surface area (Å²) in [6.45, 7) is 3.68. The fourth-order valence-corrected chi connectivity index (χ4v) is 2.56. The normalized spacial score (nSPS) is 13.1. The zero-order valence-corrected chi connectivity index (χ0v) is 13.3. The summed E-state index contributed by atoms with van der Waals surface area (Å²) in [6.07, 6.45) is 0.471. The molecule has 0 saturated carbocycles. The molecule has 0 radical (unpaired) electrons. The van der Waals surface area contributed by atoms with Crippen LogP contribution in [0.4, 0.5) is 4.39 Å². The number of methoxy groups -OCH3 is 1. The number of carbonyl (C=O) groups is 1. The van der Waals surface area contributed by atoms with Crippen molar-refractivity contribution in [3.63, 3.8) is 0 Å². The summed E-state index contributed by atoms with van der Waals surface area (Å²) in [5.74, 6) is -0.929. The zero-order chi connectivity index (χ0) is 15.5. The van der Waals surface area contributed by atoms with Crippen molar-refractivity contribution in [3.8, 4) is 5.75 Å². The molecule has 1 rings (SSSR count). The van der Waals surface area contributed by atoms with E-state index in [2.05, 4.69) is 15.9 Å². The van der Waals surface area contributed by atoms with Gasteiger partial charge < -0.3 is 15.6 Å². The fraction of sp³-hybridized carbons (Fsp3) is 0.500. The number of carboxylic acids is 1. The summed E-state index contributed by atoms with van der Waals surface area (Å²) in [5.41, 5.74) is 6.33. The molecule has 0 aliphatic heterocycles. The van der Waals surface area contributed by atoms with Gasteiger partial charge in [-0.15, -0.1) is 0 Å². The first-order valence-corrected chi connectivity index (χ1v) is 6.96. The van der Waals surface area contributed by atoms with Crippen LogP contribution >= 0.6 is 15.9 Å². The van der Waals surface area contributed by atoms with Gasteiger partial charge in [0.2, 0.25) is 0 Å². The van der Waals surface area contributed by atoms with Crippen molar-refractivity contribution >= 4 is 21.9 Å². The van der Waals surface area contributed by atoms with Crippen molar-refractivity contribution < 1.29 is 19.0 Å². The Kier molecular flexibility index (Phi) is 5.53. The van der Waals surface area contributed by atoms with Crippen LogP contribution in [-0.4, -0.2) is 18.2 Å². The molecular formula is C14H19BrFNO3. The van der Waals surface area contributed by atoms with E-state index in [1.54, 1.807) is 6.07 Å². The highest BCUT2D eigenvalue weighted by Crippen LogP contribution is 2.37. The number of benzene rings is 1. The molecule has 0 aromatic heterocycles. The molecule has 0 bridgehead atoms. The van der Waals surface area contributed by atoms with Crippen molar-refractivity contribution in [2.75, 3.05) is 7.11 Å². The zero-order valence-electron chi connectivity index (χ0n) is 11.7. The Morgan fingerprint density at radius 2 is 2.15 bits per heavy atom. The van der Waals surface area contributed by atoms with Gasteiger partial charge in [0.1, 0.15) is 11.6 Å². The average molecular weight is 348 g/mol. The third-order valence-corrected chi connectivity index (χ3v) is 3.68. The lowest BCUT2D eigenvalue weighted by atomic mass is 9.81. The predicted octanol–water partition coefficient (Wildman–Crippen LogP) is 3.49. The largest absolute Gasteiger partial charge is 0.496 e. The summed E-state index contributed by atoms with van der Waals surface area (Å²) in [6, 6.07) is 2.41. The Morgan fingerprint density at radius 3 is 2.65 bits per heavy atom. The summed E-state index contributed by atoms with van der Waals surface area (Å²) in [4.78, 5) is 10.8. The topological polar surface area (TPSA) is 72.5 Å². The number of nitrogens with two attached hydrogens (primary N) is 1. The van der Waals surface area contributed by atoms with E-state index in [9.17, 15) is 9.18 Å².